The van der Waals surface area contributed by atoms with Crippen LogP contribution in [0.25, 0.3) is 0 Å². The zero-order valence-corrected chi connectivity index (χ0v) is 12.4. The van der Waals surface area contributed by atoms with Crippen molar-refractivity contribution in [2.75, 3.05) is 6.61 Å². The second-order valence-electron chi connectivity index (χ2n) is 4.73. The standard InChI is InChI=1S/C16H25ClO/c1-3-5-6-9-12-18-16-11-8-7-10-14(16)13-15(17)4-2/h7-8,10-11,15H,3-6,9,12-13H2,1-2H3. The fourth-order valence-corrected chi connectivity index (χ4v) is 2.07. The molecule has 0 saturated carbocycles. The molecule has 0 spiro atoms. The molecule has 1 atom stereocenters. The molecule has 0 amide bonds. The van der Waals surface area contributed by atoms with Crippen LogP contribution in [0.15, 0.2) is 24.3 Å². The van der Waals surface area contributed by atoms with E-state index < -0.39 is 0 Å². The Labute approximate surface area is 116 Å². The highest BCUT2D eigenvalue weighted by Crippen LogP contribution is 2.22. The van der Waals surface area contributed by atoms with E-state index in [0.29, 0.717) is 0 Å². The quantitative estimate of drug-likeness (QED) is 0.441. The van der Waals surface area contributed by atoms with Crippen LogP contribution in [0.3, 0.4) is 0 Å². The second kappa shape index (κ2) is 9.27. The van der Waals surface area contributed by atoms with E-state index in [0.717, 1.165) is 31.6 Å². The van der Waals surface area contributed by atoms with Gasteiger partial charge in [0.2, 0.25) is 0 Å². The van der Waals surface area contributed by atoms with Crippen LogP contribution < -0.4 is 4.74 Å². The third-order valence-corrected chi connectivity index (χ3v) is 3.58. The largest absolute Gasteiger partial charge is 0.493 e. The van der Waals surface area contributed by atoms with Gasteiger partial charge in [-0.15, -0.1) is 11.6 Å². The van der Waals surface area contributed by atoms with Gasteiger partial charge in [-0.05, 0) is 30.9 Å². The third kappa shape index (κ3) is 5.77. The average Bonchev–Trinajstić information content (AvgIpc) is 2.40. The monoisotopic (exact) mass is 268 g/mol. The summed E-state index contributed by atoms with van der Waals surface area (Å²) in [6.07, 6.45) is 6.84. The first kappa shape index (κ1) is 15.4. The summed E-state index contributed by atoms with van der Waals surface area (Å²) in [6.45, 7) is 5.16. The molecule has 0 aromatic heterocycles. The van der Waals surface area contributed by atoms with Crippen LogP contribution in [0, 0.1) is 0 Å². The van der Waals surface area contributed by atoms with Crippen LogP contribution >= 0.6 is 11.6 Å². The highest BCUT2D eigenvalue weighted by molar-refractivity contribution is 6.20. The molecule has 2 heteroatoms. The SMILES string of the molecule is CCCCCCOc1ccccc1CC(Cl)CC. The molecule has 0 saturated heterocycles. The predicted molar refractivity (Wildman–Crippen MR) is 79.7 cm³/mol. The van der Waals surface area contributed by atoms with Crippen LogP contribution in [-0.4, -0.2) is 12.0 Å². The van der Waals surface area contributed by atoms with Crippen molar-refractivity contribution in [1.82, 2.24) is 0 Å². The lowest BCUT2D eigenvalue weighted by Gasteiger charge is -2.13. The van der Waals surface area contributed by atoms with Crippen LogP contribution in [-0.2, 0) is 6.42 Å². The Bertz CT molecular complexity index is 325. The maximum Gasteiger partial charge on any atom is 0.122 e. The molecule has 0 radical (unpaired) electrons. The number of alkyl halides is 1. The molecule has 102 valence electrons. The summed E-state index contributed by atoms with van der Waals surface area (Å²) in [7, 11) is 0. The van der Waals surface area contributed by atoms with Crippen LogP contribution in [0.4, 0.5) is 0 Å². The van der Waals surface area contributed by atoms with E-state index in [4.69, 9.17) is 16.3 Å². The van der Waals surface area contributed by atoms with E-state index in [1.807, 2.05) is 6.07 Å². The van der Waals surface area contributed by atoms with Gasteiger partial charge in [-0.25, -0.2) is 0 Å². The molecule has 1 aromatic carbocycles. The summed E-state index contributed by atoms with van der Waals surface area (Å²) in [5, 5.41) is 0.204. The van der Waals surface area contributed by atoms with Crippen LogP contribution in [0.2, 0.25) is 0 Å². The fourth-order valence-electron chi connectivity index (χ4n) is 1.91. The zero-order valence-electron chi connectivity index (χ0n) is 11.6. The molecule has 1 nitrogen and oxygen atoms in total. The van der Waals surface area contributed by atoms with Crippen molar-refractivity contribution in [1.29, 1.82) is 0 Å². The Hall–Kier alpha value is -0.690. The molecule has 0 heterocycles. The Kier molecular flexibility index (Phi) is 7.91. The van der Waals surface area contributed by atoms with Crippen molar-refractivity contribution in [3.8, 4) is 5.75 Å². The van der Waals surface area contributed by atoms with Crippen molar-refractivity contribution in [3.05, 3.63) is 29.8 Å². The Morgan fingerprint density at radius 3 is 2.61 bits per heavy atom. The molecule has 0 fully saturated rings. The summed E-state index contributed by atoms with van der Waals surface area (Å²) >= 11 is 6.22. The van der Waals surface area contributed by atoms with Gasteiger partial charge in [0, 0.05) is 5.38 Å². The first-order valence-corrected chi connectivity index (χ1v) is 7.56. The van der Waals surface area contributed by atoms with Gasteiger partial charge in [-0.2, -0.15) is 0 Å². The lowest BCUT2D eigenvalue weighted by molar-refractivity contribution is 0.302. The Balaban J connectivity index is 2.43. The lowest BCUT2D eigenvalue weighted by Crippen LogP contribution is -2.05. The van der Waals surface area contributed by atoms with E-state index in [1.165, 1.54) is 24.8 Å². The molecular weight excluding hydrogens is 244 g/mol. The van der Waals surface area contributed by atoms with E-state index in [2.05, 4.69) is 32.0 Å². The zero-order chi connectivity index (χ0) is 13.2. The molecule has 1 rings (SSSR count). The lowest BCUT2D eigenvalue weighted by atomic mass is 10.1. The molecule has 1 aromatic rings. The van der Waals surface area contributed by atoms with Crippen molar-refractivity contribution < 1.29 is 4.74 Å². The number of unbranched alkanes of at least 4 members (excludes halogenated alkanes) is 3. The maximum atomic E-state index is 6.22. The molecular formula is C16H25ClO. The Morgan fingerprint density at radius 2 is 1.89 bits per heavy atom. The predicted octanol–water partition coefficient (Wildman–Crippen LogP) is 5.21. The first-order chi connectivity index (χ1) is 8.77. The maximum absolute atomic E-state index is 6.22. The fraction of sp³-hybridized carbons (Fsp3) is 0.625. The summed E-state index contributed by atoms with van der Waals surface area (Å²) in [4.78, 5) is 0. The highest BCUT2D eigenvalue weighted by Gasteiger charge is 2.08. The number of halogens is 1. The molecule has 0 aliphatic rings. The second-order valence-corrected chi connectivity index (χ2v) is 5.34. The van der Waals surface area contributed by atoms with Gasteiger partial charge < -0.3 is 4.74 Å². The van der Waals surface area contributed by atoms with Gasteiger partial charge in [0.05, 0.1) is 6.61 Å². The van der Waals surface area contributed by atoms with Gasteiger partial charge in [-0.1, -0.05) is 51.3 Å². The smallest absolute Gasteiger partial charge is 0.122 e. The molecule has 0 N–H and O–H groups in total. The van der Waals surface area contributed by atoms with Gasteiger partial charge >= 0.3 is 0 Å². The summed E-state index contributed by atoms with van der Waals surface area (Å²) in [5.41, 5.74) is 1.23. The average molecular weight is 269 g/mol. The number of hydrogen-bond acceptors (Lipinski definition) is 1. The normalized spacial score (nSPS) is 12.4. The van der Waals surface area contributed by atoms with Gasteiger partial charge in [0.15, 0.2) is 0 Å². The highest BCUT2D eigenvalue weighted by atomic mass is 35.5. The summed E-state index contributed by atoms with van der Waals surface area (Å²) < 4.78 is 5.87. The van der Waals surface area contributed by atoms with Gasteiger partial charge in [0.25, 0.3) is 0 Å². The van der Waals surface area contributed by atoms with E-state index >= 15 is 0 Å². The van der Waals surface area contributed by atoms with E-state index in [-0.39, 0.29) is 5.38 Å². The van der Waals surface area contributed by atoms with Gasteiger partial charge in [0.1, 0.15) is 5.75 Å². The minimum absolute atomic E-state index is 0.204. The number of para-hydroxylation sites is 1. The van der Waals surface area contributed by atoms with Crippen LogP contribution in [0.5, 0.6) is 5.75 Å². The van der Waals surface area contributed by atoms with E-state index in [9.17, 15) is 0 Å². The van der Waals surface area contributed by atoms with Crippen molar-refractivity contribution >= 4 is 11.6 Å². The number of ether oxygens (including phenoxy) is 1. The molecule has 0 aliphatic carbocycles. The molecule has 1 unspecified atom stereocenters. The summed E-state index contributed by atoms with van der Waals surface area (Å²) in [6, 6.07) is 8.25. The van der Waals surface area contributed by atoms with Crippen molar-refractivity contribution in [2.24, 2.45) is 0 Å². The minimum Gasteiger partial charge on any atom is -0.493 e. The van der Waals surface area contributed by atoms with Crippen molar-refractivity contribution in [3.63, 3.8) is 0 Å². The minimum atomic E-state index is 0.204. The number of benzene rings is 1. The number of hydrogen-bond donors (Lipinski definition) is 0. The number of rotatable bonds is 9. The van der Waals surface area contributed by atoms with E-state index in [1.54, 1.807) is 0 Å². The molecule has 0 aliphatic heterocycles. The Morgan fingerprint density at radius 1 is 1.11 bits per heavy atom. The topological polar surface area (TPSA) is 9.23 Å². The van der Waals surface area contributed by atoms with Gasteiger partial charge in [-0.3, -0.25) is 0 Å². The third-order valence-electron chi connectivity index (χ3n) is 3.11. The van der Waals surface area contributed by atoms with Crippen LogP contribution in [0.1, 0.15) is 51.5 Å². The first-order valence-electron chi connectivity index (χ1n) is 7.12. The molecule has 18 heavy (non-hydrogen) atoms. The molecule has 0 bridgehead atoms. The summed E-state index contributed by atoms with van der Waals surface area (Å²) in [5.74, 6) is 1.01. The van der Waals surface area contributed by atoms with Crippen molar-refractivity contribution in [2.45, 2.75) is 57.7 Å².